The van der Waals surface area contributed by atoms with Gasteiger partial charge in [-0.15, -0.1) is 11.3 Å². The molecule has 1 amide bonds. The summed E-state index contributed by atoms with van der Waals surface area (Å²) < 4.78 is 10.5. The van der Waals surface area contributed by atoms with Crippen LogP contribution in [0.2, 0.25) is 0 Å². The van der Waals surface area contributed by atoms with Crippen molar-refractivity contribution in [3.63, 3.8) is 0 Å². The standard InChI is InChI=1S/C19H24N2O3S/c1-23-16-8-7-14(11-17(16)24-2)12-20-19(22)13-21-9-3-5-15(21)18-6-4-10-25-18/h4,6-8,10-11,15H,3,5,9,12-13H2,1-2H3,(H,20,22)/t15-/m1/s1. The van der Waals surface area contributed by atoms with E-state index in [1.807, 2.05) is 18.2 Å². The monoisotopic (exact) mass is 360 g/mol. The minimum atomic E-state index is 0.0539. The number of nitrogens with zero attached hydrogens (tertiary/aromatic N) is 1. The zero-order chi connectivity index (χ0) is 17.6. The Bertz CT molecular complexity index is 703. The van der Waals surface area contributed by atoms with Crippen LogP contribution in [-0.2, 0) is 11.3 Å². The maximum atomic E-state index is 12.4. The summed E-state index contributed by atoms with van der Waals surface area (Å²) in [5.41, 5.74) is 0.988. The van der Waals surface area contributed by atoms with Gasteiger partial charge in [0, 0.05) is 17.5 Å². The topological polar surface area (TPSA) is 50.8 Å². The molecular weight excluding hydrogens is 336 g/mol. The number of carbonyl (C=O) groups is 1. The Morgan fingerprint density at radius 1 is 1.28 bits per heavy atom. The normalized spacial score (nSPS) is 17.4. The summed E-state index contributed by atoms with van der Waals surface area (Å²) in [7, 11) is 3.22. The van der Waals surface area contributed by atoms with E-state index in [4.69, 9.17) is 9.47 Å². The van der Waals surface area contributed by atoms with E-state index in [0.717, 1.165) is 24.9 Å². The molecular formula is C19H24N2O3S. The number of hydrogen-bond donors (Lipinski definition) is 1. The smallest absolute Gasteiger partial charge is 0.234 e. The van der Waals surface area contributed by atoms with Crippen molar-refractivity contribution in [1.82, 2.24) is 10.2 Å². The second-order valence-corrected chi connectivity index (χ2v) is 7.09. The number of amides is 1. The number of thiophene rings is 1. The van der Waals surface area contributed by atoms with Gasteiger partial charge in [0.05, 0.1) is 20.8 Å². The lowest BCUT2D eigenvalue weighted by Crippen LogP contribution is -2.36. The van der Waals surface area contributed by atoms with Gasteiger partial charge < -0.3 is 14.8 Å². The molecule has 0 spiro atoms. The van der Waals surface area contributed by atoms with Crippen LogP contribution in [0.25, 0.3) is 0 Å². The quantitative estimate of drug-likeness (QED) is 0.824. The summed E-state index contributed by atoms with van der Waals surface area (Å²) in [6.07, 6.45) is 2.27. The van der Waals surface area contributed by atoms with Gasteiger partial charge in [-0.1, -0.05) is 12.1 Å². The third-order valence-corrected chi connectivity index (χ3v) is 5.49. The fraction of sp³-hybridized carbons (Fsp3) is 0.421. The van der Waals surface area contributed by atoms with Gasteiger partial charge in [0.2, 0.25) is 5.91 Å². The van der Waals surface area contributed by atoms with Crippen molar-refractivity contribution in [1.29, 1.82) is 0 Å². The summed E-state index contributed by atoms with van der Waals surface area (Å²) in [6, 6.07) is 10.3. The number of ether oxygens (including phenoxy) is 2. The first-order chi connectivity index (χ1) is 12.2. The van der Waals surface area contributed by atoms with Crippen molar-refractivity contribution >= 4 is 17.2 Å². The Balaban J connectivity index is 1.54. The number of hydrogen-bond acceptors (Lipinski definition) is 5. The van der Waals surface area contributed by atoms with Crippen LogP contribution < -0.4 is 14.8 Å². The van der Waals surface area contributed by atoms with Crippen LogP contribution in [0.5, 0.6) is 11.5 Å². The Kier molecular flexibility index (Phi) is 5.94. The highest BCUT2D eigenvalue weighted by Gasteiger charge is 2.28. The Morgan fingerprint density at radius 3 is 2.84 bits per heavy atom. The van der Waals surface area contributed by atoms with E-state index in [0.29, 0.717) is 30.6 Å². The first kappa shape index (κ1) is 17.8. The Hall–Kier alpha value is -2.05. The van der Waals surface area contributed by atoms with Gasteiger partial charge in [0.25, 0.3) is 0 Å². The van der Waals surface area contributed by atoms with Gasteiger partial charge in [-0.05, 0) is 48.5 Å². The molecule has 134 valence electrons. The average Bonchev–Trinajstić information content (AvgIpc) is 3.31. The highest BCUT2D eigenvalue weighted by atomic mass is 32.1. The van der Waals surface area contributed by atoms with E-state index in [2.05, 4.69) is 27.7 Å². The van der Waals surface area contributed by atoms with Gasteiger partial charge in [-0.25, -0.2) is 0 Å². The number of carbonyl (C=O) groups excluding carboxylic acids is 1. The molecule has 5 nitrogen and oxygen atoms in total. The Labute approximate surface area is 152 Å². The second kappa shape index (κ2) is 8.36. The van der Waals surface area contributed by atoms with Crippen LogP contribution in [0.1, 0.15) is 29.3 Å². The highest BCUT2D eigenvalue weighted by molar-refractivity contribution is 7.10. The zero-order valence-corrected chi connectivity index (χ0v) is 15.5. The highest BCUT2D eigenvalue weighted by Crippen LogP contribution is 2.34. The number of likely N-dealkylation sites (tertiary alicyclic amines) is 1. The lowest BCUT2D eigenvalue weighted by Gasteiger charge is -2.23. The molecule has 2 aromatic rings. The molecule has 1 atom stereocenters. The maximum Gasteiger partial charge on any atom is 0.234 e. The van der Waals surface area contributed by atoms with Crippen molar-refractivity contribution < 1.29 is 14.3 Å². The third-order valence-electron chi connectivity index (χ3n) is 4.52. The van der Waals surface area contributed by atoms with Crippen molar-refractivity contribution in [2.45, 2.75) is 25.4 Å². The molecule has 0 bridgehead atoms. The molecule has 25 heavy (non-hydrogen) atoms. The summed E-state index contributed by atoms with van der Waals surface area (Å²) in [6.45, 7) is 1.90. The van der Waals surface area contributed by atoms with Crippen molar-refractivity contribution in [2.75, 3.05) is 27.3 Å². The SMILES string of the molecule is COc1ccc(CNC(=O)CN2CCC[C@@H]2c2cccs2)cc1OC. The fourth-order valence-electron chi connectivity index (χ4n) is 3.25. The molecule has 0 radical (unpaired) electrons. The average molecular weight is 360 g/mol. The van der Waals surface area contributed by atoms with Crippen molar-refractivity contribution in [2.24, 2.45) is 0 Å². The van der Waals surface area contributed by atoms with Crippen molar-refractivity contribution in [3.05, 3.63) is 46.2 Å². The molecule has 6 heteroatoms. The predicted octanol–water partition coefficient (Wildman–Crippen LogP) is 3.22. The van der Waals surface area contributed by atoms with E-state index < -0.39 is 0 Å². The van der Waals surface area contributed by atoms with Crippen LogP contribution in [0.3, 0.4) is 0 Å². The molecule has 1 N–H and O–H groups in total. The van der Waals surface area contributed by atoms with Crippen LogP contribution in [0.15, 0.2) is 35.7 Å². The summed E-state index contributed by atoms with van der Waals surface area (Å²) >= 11 is 1.77. The number of nitrogens with one attached hydrogen (secondary N) is 1. The first-order valence-corrected chi connectivity index (χ1v) is 9.34. The van der Waals surface area contributed by atoms with E-state index in [9.17, 15) is 4.79 Å². The fourth-order valence-corrected chi connectivity index (χ4v) is 4.15. The molecule has 3 rings (SSSR count). The molecule has 1 aliphatic rings. The van der Waals surface area contributed by atoms with E-state index in [-0.39, 0.29) is 5.91 Å². The Morgan fingerprint density at radius 2 is 2.12 bits per heavy atom. The number of rotatable bonds is 7. The summed E-state index contributed by atoms with van der Waals surface area (Å²) in [5, 5.41) is 5.11. The van der Waals surface area contributed by atoms with E-state index >= 15 is 0 Å². The molecule has 1 saturated heterocycles. The molecule has 1 aliphatic heterocycles. The zero-order valence-electron chi connectivity index (χ0n) is 14.7. The minimum absolute atomic E-state index is 0.0539. The summed E-state index contributed by atoms with van der Waals surface area (Å²) in [5.74, 6) is 1.42. The number of benzene rings is 1. The lowest BCUT2D eigenvalue weighted by atomic mass is 10.2. The molecule has 1 aromatic carbocycles. The summed E-state index contributed by atoms with van der Waals surface area (Å²) in [4.78, 5) is 16.0. The molecule has 1 aromatic heterocycles. The molecule has 0 aliphatic carbocycles. The largest absolute Gasteiger partial charge is 0.493 e. The van der Waals surface area contributed by atoms with Gasteiger partial charge in [-0.2, -0.15) is 0 Å². The minimum Gasteiger partial charge on any atom is -0.493 e. The molecule has 2 heterocycles. The van der Waals surface area contributed by atoms with Crippen LogP contribution in [0, 0.1) is 0 Å². The third kappa shape index (κ3) is 4.32. The second-order valence-electron chi connectivity index (χ2n) is 6.11. The number of methoxy groups -OCH3 is 2. The van der Waals surface area contributed by atoms with Gasteiger partial charge in [-0.3, -0.25) is 9.69 Å². The van der Waals surface area contributed by atoms with Crippen LogP contribution in [-0.4, -0.2) is 38.1 Å². The van der Waals surface area contributed by atoms with Crippen LogP contribution >= 0.6 is 11.3 Å². The van der Waals surface area contributed by atoms with Gasteiger partial charge >= 0.3 is 0 Å². The van der Waals surface area contributed by atoms with E-state index in [1.54, 1.807) is 25.6 Å². The van der Waals surface area contributed by atoms with Gasteiger partial charge in [0.1, 0.15) is 0 Å². The molecule has 1 fully saturated rings. The van der Waals surface area contributed by atoms with Gasteiger partial charge in [0.15, 0.2) is 11.5 Å². The molecule has 0 saturated carbocycles. The maximum absolute atomic E-state index is 12.4. The lowest BCUT2D eigenvalue weighted by molar-refractivity contribution is -0.122. The first-order valence-electron chi connectivity index (χ1n) is 8.46. The molecule has 0 unspecified atom stereocenters. The predicted molar refractivity (Wildman–Crippen MR) is 99.3 cm³/mol. The van der Waals surface area contributed by atoms with Crippen molar-refractivity contribution in [3.8, 4) is 11.5 Å². The van der Waals surface area contributed by atoms with Crippen LogP contribution in [0.4, 0.5) is 0 Å². The van der Waals surface area contributed by atoms with E-state index in [1.165, 1.54) is 4.88 Å².